The first-order valence-corrected chi connectivity index (χ1v) is 11.2. The van der Waals surface area contributed by atoms with E-state index in [9.17, 15) is 0 Å². The SMILES string of the molecule is CC.CC.c1ccc(-c2ccccc2[C@@H]2Cc3ccccc3-c3ccccc32)cc1. The van der Waals surface area contributed by atoms with Gasteiger partial charge in [0.15, 0.2) is 0 Å². The molecule has 0 heterocycles. The molecule has 0 amide bonds. The lowest BCUT2D eigenvalue weighted by Crippen LogP contribution is -2.13. The van der Waals surface area contributed by atoms with E-state index in [1.54, 1.807) is 0 Å². The van der Waals surface area contributed by atoms with Gasteiger partial charge in [0.05, 0.1) is 0 Å². The lowest BCUT2D eigenvalue weighted by Gasteiger charge is -2.29. The van der Waals surface area contributed by atoms with Gasteiger partial charge in [-0.15, -0.1) is 0 Å². The molecule has 0 fully saturated rings. The van der Waals surface area contributed by atoms with Crippen molar-refractivity contribution in [1.82, 2.24) is 0 Å². The first kappa shape index (κ1) is 21.6. The molecule has 0 saturated heterocycles. The second kappa shape index (κ2) is 10.6. The molecule has 4 aromatic rings. The van der Waals surface area contributed by atoms with Crippen LogP contribution in [0.15, 0.2) is 103 Å². The summed E-state index contributed by atoms with van der Waals surface area (Å²) in [5, 5.41) is 0. The van der Waals surface area contributed by atoms with Crippen molar-refractivity contribution in [1.29, 1.82) is 0 Å². The Kier molecular flexibility index (Phi) is 7.63. The molecule has 0 N–H and O–H groups in total. The maximum absolute atomic E-state index is 2.30. The summed E-state index contributed by atoms with van der Waals surface area (Å²) in [5.74, 6) is 0.387. The monoisotopic (exact) mass is 392 g/mol. The highest BCUT2D eigenvalue weighted by molar-refractivity contribution is 5.77. The molecule has 0 nitrogen and oxygen atoms in total. The van der Waals surface area contributed by atoms with E-state index in [1.165, 1.54) is 38.9 Å². The number of hydrogen-bond donors (Lipinski definition) is 0. The molecule has 0 heteroatoms. The summed E-state index contributed by atoms with van der Waals surface area (Å²) in [5.41, 5.74) is 9.69. The lowest BCUT2D eigenvalue weighted by molar-refractivity contribution is 0.795. The van der Waals surface area contributed by atoms with Gasteiger partial charge < -0.3 is 0 Å². The van der Waals surface area contributed by atoms with E-state index in [0.29, 0.717) is 5.92 Å². The van der Waals surface area contributed by atoms with Crippen molar-refractivity contribution in [2.45, 2.75) is 40.0 Å². The van der Waals surface area contributed by atoms with Crippen LogP contribution >= 0.6 is 0 Å². The van der Waals surface area contributed by atoms with Crippen LogP contribution in [0.5, 0.6) is 0 Å². The van der Waals surface area contributed by atoms with Gasteiger partial charge in [-0.05, 0) is 45.4 Å². The van der Waals surface area contributed by atoms with Crippen LogP contribution in [0.2, 0.25) is 0 Å². The smallest absolute Gasteiger partial charge is 0.0142 e. The lowest BCUT2D eigenvalue weighted by atomic mass is 9.74. The molecule has 5 rings (SSSR count). The second-order valence-electron chi connectivity index (χ2n) is 6.95. The molecular formula is C30H32. The fourth-order valence-corrected chi connectivity index (χ4v) is 4.30. The maximum atomic E-state index is 2.30. The maximum Gasteiger partial charge on any atom is 0.0142 e. The fourth-order valence-electron chi connectivity index (χ4n) is 4.30. The molecule has 0 spiro atoms. The molecular weight excluding hydrogens is 360 g/mol. The molecule has 0 aliphatic heterocycles. The Bertz CT molecular complexity index is 1060. The quantitative estimate of drug-likeness (QED) is 0.320. The Morgan fingerprint density at radius 1 is 0.467 bits per heavy atom. The molecule has 0 bridgehead atoms. The number of fused-ring (bicyclic) bond motifs is 3. The fraction of sp³-hybridized carbons (Fsp3) is 0.200. The topological polar surface area (TPSA) is 0 Å². The van der Waals surface area contributed by atoms with Crippen LogP contribution in [-0.2, 0) is 6.42 Å². The standard InChI is InChI=1S/C26H20.2C2H6/c1-2-10-19(11-3-1)21-13-6-7-16-24(21)26-18-20-12-4-5-14-22(20)23-15-8-9-17-25(23)26;2*1-2/h1-17,26H,18H2;2*1-2H3/t26-;;/m0../s1. The van der Waals surface area contributed by atoms with E-state index in [-0.39, 0.29) is 0 Å². The molecule has 0 aromatic heterocycles. The van der Waals surface area contributed by atoms with E-state index in [4.69, 9.17) is 0 Å². The summed E-state index contributed by atoms with van der Waals surface area (Å²) in [6.07, 6.45) is 1.05. The van der Waals surface area contributed by atoms with Crippen LogP contribution in [0.4, 0.5) is 0 Å². The Hall–Kier alpha value is -3.12. The van der Waals surface area contributed by atoms with Gasteiger partial charge in [-0.3, -0.25) is 0 Å². The average Bonchev–Trinajstić information content (AvgIpc) is 2.86. The predicted octanol–water partition coefficient (Wildman–Crippen LogP) is 8.76. The summed E-state index contributed by atoms with van der Waals surface area (Å²) in [6.45, 7) is 8.00. The summed E-state index contributed by atoms with van der Waals surface area (Å²) >= 11 is 0. The van der Waals surface area contributed by atoms with Gasteiger partial charge >= 0.3 is 0 Å². The van der Waals surface area contributed by atoms with Crippen LogP contribution in [0.25, 0.3) is 22.3 Å². The zero-order valence-corrected chi connectivity index (χ0v) is 18.6. The van der Waals surface area contributed by atoms with Crippen molar-refractivity contribution in [2.75, 3.05) is 0 Å². The molecule has 1 aliphatic rings. The molecule has 0 radical (unpaired) electrons. The molecule has 0 saturated carbocycles. The highest BCUT2D eigenvalue weighted by Crippen LogP contribution is 2.44. The average molecular weight is 393 g/mol. The van der Waals surface area contributed by atoms with Crippen molar-refractivity contribution in [3.8, 4) is 22.3 Å². The second-order valence-corrected chi connectivity index (χ2v) is 6.95. The molecule has 1 atom stereocenters. The minimum atomic E-state index is 0.387. The first-order valence-electron chi connectivity index (χ1n) is 11.2. The summed E-state index contributed by atoms with van der Waals surface area (Å²) in [6, 6.07) is 37.4. The first-order chi connectivity index (χ1) is 14.9. The van der Waals surface area contributed by atoms with E-state index >= 15 is 0 Å². The van der Waals surface area contributed by atoms with Crippen LogP contribution < -0.4 is 0 Å². The van der Waals surface area contributed by atoms with Crippen LogP contribution in [-0.4, -0.2) is 0 Å². The largest absolute Gasteiger partial charge is 0.0683 e. The van der Waals surface area contributed by atoms with E-state index in [0.717, 1.165) is 6.42 Å². The van der Waals surface area contributed by atoms with Gasteiger partial charge in [0.1, 0.15) is 0 Å². The van der Waals surface area contributed by atoms with Crippen molar-refractivity contribution in [2.24, 2.45) is 0 Å². The molecule has 152 valence electrons. The minimum Gasteiger partial charge on any atom is -0.0683 e. The van der Waals surface area contributed by atoms with E-state index in [2.05, 4.69) is 103 Å². The zero-order chi connectivity index (χ0) is 21.3. The number of hydrogen-bond acceptors (Lipinski definition) is 0. The van der Waals surface area contributed by atoms with Gasteiger partial charge in [0.25, 0.3) is 0 Å². The third-order valence-corrected chi connectivity index (χ3v) is 5.49. The summed E-state index contributed by atoms with van der Waals surface area (Å²) in [4.78, 5) is 0. The van der Waals surface area contributed by atoms with Crippen molar-refractivity contribution in [3.63, 3.8) is 0 Å². The normalized spacial score (nSPS) is 13.5. The van der Waals surface area contributed by atoms with E-state index < -0.39 is 0 Å². The highest BCUT2D eigenvalue weighted by atomic mass is 14.3. The third kappa shape index (κ3) is 4.24. The van der Waals surface area contributed by atoms with Gasteiger partial charge in [-0.2, -0.15) is 0 Å². The Morgan fingerprint density at radius 2 is 0.933 bits per heavy atom. The van der Waals surface area contributed by atoms with Crippen molar-refractivity contribution < 1.29 is 0 Å². The third-order valence-electron chi connectivity index (χ3n) is 5.49. The number of benzene rings is 4. The summed E-state index contributed by atoms with van der Waals surface area (Å²) in [7, 11) is 0. The zero-order valence-electron chi connectivity index (χ0n) is 18.6. The molecule has 4 aromatic carbocycles. The summed E-state index contributed by atoms with van der Waals surface area (Å²) < 4.78 is 0. The van der Waals surface area contributed by atoms with Gasteiger partial charge in [0.2, 0.25) is 0 Å². The van der Waals surface area contributed by atoms with Crippen LogP contribution in [0.3, 0.4) is 0 Å². The Balaban J connectivity index is 0.000000606. The van der Waals surface area contributed by atoms with Crippen molar-refractivity contribution in [3.05, 3.63) is 120 Å². The van der Waals surface area contributed by atoms with E-state index in [1.807, 2.05) is 27.7 Å². The van der Waals surface area contributed by atoms with Gasteiger partial charge in [-0.1, -0.05) is 131 Å². The molecule has 1 aliphatic carbocycles. The minimum absolute atomic E-state index is 0.387. The molecule has 0 unspecified atom stereocenters. The van der Waals surface area contributed by atoms with Gasteiger partial charge in [-0.25, -0.2) is 0 Å². The predicted molar refractivity (Wildman–Crippen MR) is 132 cm³/mol. The number of rotatable bonds is 2. The van der Waals surface area contributed by atoms with Gasteiger partial charge in [0, 0.05) is 5.92 Å². The highest BCUT2D eigenvalue weighted by Gasteiger charge is 2.26. The van der Waals surface area contributed by atoms with Crippen LogP contribution in [0.1, 0.15) is 50.3 Å². The van der Waals surface area contributed by atoms with Crippen LogP contribution in [0, 0.1) is 0 Å². The Labute approximate surface area is 182 Å². The van der Waals surface area contributed by atoms with Crippen molar-refractivity contribution >= 4 is 0 Å². The molecule has 30 heavy (non-hydrogen) atoms. The Morgan fingerprint density at radius 3 is 1.60 bits per heavy atom.